The first kappa shape index (κ1) is 29.9. The fourth-order valence-corrected chi connectivity index (χ4v) is 3.29. The number of unbranched alkanes of at least 4 members (excludes halogenated alkanes) is 1. The summed E-state index contributed by atoms with van der Waals surface area (Å²) in [6.07, 6.45) is 0.792. The van der Waals surface area contributed by atoms with Crippen LogP contribution >= 0.6 is 12.6 Å². The van der Waals surface area contributed by atoms with Crippen molar-refractivity contribution in [1.82, 2.24) is 16.0 Å². The van der Waals surface area contributed by atoms with Crippen molar-refractivity contribution in [1.29, 1.82) is 0 Å². The van der Waals surface area contributed by atoms with Crippen LogP contribution in [0.4, 0.5) is 0 Å². The molecule has 0 fully saturated rings. The first-order valence-electron chi connectivity index (χ1n) is 11.1. The summed E-state index contributed by atoms with van der Waals surface area (Å²) in [5, 5.41) is 16.7. The van der Waals surface area contributed by atoms with Crippen molar-refractivity contribution in [2.75, 3.05) is 12.3 Å². The van der Waals surface area contributed by atoms with Gasteiger partial charge in [0.05, 0.1) is 12.5 Å². The van der Waals surface area contributed by atoms with E-state index in [2.05, 4.69) is 28.6 Å². The Bertz CT molecular complexity index is 871. The number of hydrogen-bond acceptors (Lipinski definition) is 8. The molecule has 0 spiro atoms. The minimum Gasteiger partial charge on any atom is -0.480 e. The molecule has 4 unspecified atom stereocenters. The Kier molecular flexibility index (Phi) is 13.4. The molecule has 0 bridgehead atoms. The monoisotopic (exact) mass is 510 g/mol. The first-order valence-corrected chi connectivity index (χ1v) is 11.7. The summed E-state index contributed by atoms with van der Waals surface area (Å²) in [6, 6.07) is 4.02. The van der Waals surface area contributed by atoms with Crippen LogP contribution in [0.2, 0.25) is 0 Å². The van der Waals surface area contributed by atoms with Crippen LogP contribution in [0.3, 0.4) is 0 Å². The van der Waals surface area contributed by atoms with Crippen LogP contribution in [0.5, 0.6) is 0 Å². The molecule has 13 heteroatoms. The number of nitrogens with two attached hydrogens (primary N) is 3. The summed E-state index contributed by atoms with van der Waals surface area (Å²) in [5.74, 6) is -4.35. The number of aliphatic carboxylic acids is 1. The summed E-state index contributed by atoms with van der Waals surface area (Å²) in [4.78, 5) is 61.0. The van der Waals surface area contributed by atoms with Gasteiger partial charge in [-0.15, -0.1) is 0 Å². The van der Waals surface area contributed by atoms with E-state index in [1.807, 2.05) is 0 Å². The van der Waals surface area contributed by atoms with Crippen molar-refractivity contribution in [3.63, 3.8) is 0 Å². The predicted octanol–water partition coefficient (Wildman–Crippen LogP) is -1.97. The van der Waals surface area contributed by atoms with Crippen LogP contribution in [-0.4, -0.2) is 71.2 Å². The summed E-state index contributed by atoms with van der Waals surface area (Å²) >= 11 is 3.99. The average Bonchev–Trinajstić information content (AvgIpc) is 2.82. The third kappa shape index (κ3) is 11.2. The molecule has 1 aromatic rings. The van der Waals surface area contributed by atoms with Crippen LogP contribution in [0.25, 0.3) is 0 Å². The summed E-state index contributed by atoms with van der Waals surface area (Å²) in [5.41, 5.74) is 17.0. The Morgan fingerprint density at radius 2 is 1.46 bits per heavy atom. The second-order valence-corrected chi connectivity index (χ2v) is 8.32. The number of benzene rings is 1. The van der Waals surface area contributed by atoms with Crippen molar-refractivity contribution in [3.05, 3.63) is 35.9 Å². The molecule has 4 amide bonds. The van der Waals surface area contributed by atoms with Gasteiger partial charge < -0.3 is 38.3 Å². The lowest BCUT2D eigenvalue weighted by atomic mass is 10.0. The number of carbonyl (C=O) groups excluding carboxylic acids is 4. The van der Waals surface area contributed by atoms with E-state index < -0.39 is 60.2 Å². The average molecular weight is 511 g/mol. The van der Waals surface area contributed by atoms with Crippen LogP contribution in [0.15, 0.2) is 30.3 Å². The second-order valence-electron chi connectivity index (χ2n) is 7.96. The predicted molar refractivity (Wildman–Crippen MR) is 132 cm³/mol. The molecule has 1 aromatic carbocycles. The molecule has 4 atom stereocenters. The molecule has 0 aliphatic heterocycles. The van der Waals surface area contributed by atoms with Gasteiger partial charge in [-0.25, -0.2) is 4.79 Å². The van der Waals surface area contributed by atoms with Gasteiger partial charge in [0.25, 0.3) is 0 Å². The van der Waals surface area contributed by atoms with Crippen LogP contribution in [0, 0.1) is 0 Å². The van der Waals surface area contributed by atoms with Gasteiger partial charge in [0.15, 0.2) is 0 Å². The lowest BCUT2D eigenvalue weighted by molar-refractivity contribution is -0.143. The van der Waals surface area contributed by atoms with Crippen LogP contribution < -0.4 is 33.2 Å². The lowest BCUT2D eigenvalue weighted by Crippen LogP contribution is -2.58. The Morgan fingerprint density at radius 1 is 0.886 bits per heavy atom. The number of primary amides is 1. The Morgan fingerprint density at radius 3 is 2.00 bits per heavy atom. The highest BCUT2D eigenvalue weighted by Gasteiger charge is 2.30. The fourth-order valence-electron chi connectivity index (χ4n) is 3.13. The van der Waals surface area contributed by atoms with Crippen molar-refractivity contribution < 1.29 is 29.1 Å². The molecule has 10 N–H and O–H groups in total. The number of thiol groups is 1. The summed E-state index contributed by atoms with van der Waals surface area (Å²) in [7, 11) is 0. The summed E-state index contributed by atoms with van der Waals surface area (Å²) < 4.78 is 0. The number of carboxylic acid groups (broad SMARTS) is 1. The van der Waals surface area contributed by atoms with Gasteiger partial charge in [-0.05, 0) is 31.4 Å². The normalized spacial score (nSPS) is 14.1. The minimum absolute atomic E-state index is 0.0287. The molecule has 1 rings (SSSR count). The van der Waals surface area contributed by atoms with Gasteiger partial charge in [0.2, 0.25) is 23.6 Å². The number of carboxylic acids is 1. The molecular weight excluding hydrogens is 476 g/mol. The molecule has 0 aliphatic rings. The molecule has 12 nitrogen and oxygen atoms in total. The molecule has 0 aliphatic carbocycles. The highest BCUT2D eigenvalue weighted by molar-refractivity contribution is 7.80. The van der Waals surface area contributed by atoms with E-state index in [9.17, 15) is 29.1 Å². The maximum atomic E-state index is 13.1. The number of carbonyl (C=O) groups is 5. The second kappa shape index (κ2) is 15.7. The SMILES string of the molecule is NCCCCC(NC(=O)C(N)CS)C(=O)NC(Cc1ccccc1)C(=O)NC(CC(N)=O)C(=O)O. The van der Waals surface area contributed by atoms with Crippen molar-refractivity contribution in [2.24, 2.45) is 17.2 Å². The maximum absolute atomic E-state index is 13.1. The van der Waals surface area contributed by atoms with E-state index in [-0.39, 0.29) is 18.6 Å². The van der Waals surface area contributed by atoms with Crippen molar-refractivity contribution in [3.8, 4) is 0 Å². The summed E-state index contributed by atoms with van der Waals surface area (Å²) in [6.45, 7) is 0.397. The molecule has 0 saturated heterocycles. The highest BCUT2D eigenvalue weighted by atomic mass is 32.1. The van der Waals surface area contributed by atoms with Crippen LogP contribution in [0.1, 0.15) is 31.2 Å². The van der Waals surface area contributed by atoms with E-state index >= 15 is 0 Å². The Hall–Kier alpha value is -3.16. The van der Waals surface area contributed by atoms with Crippen LogP contribution in [-0.2, 0) is 30.4 Å². The van der Waals surface area contributed by atoms with Gasteiger partial charge in [-0.2, -0.15) is 12.6 Å². The molecule has 35 heavy (non-hydrogen) atoms. The fraction of sp³-hybridized carbons (Fsp3) is 0.500. The van der Waals surface area contributed by atoms with Gasteiger partial charge in [-0.1, -0.05) is 30.3 Å². The lowest BCUT2D eigenvalue weighted by Gasteiger charge is -2.25. The smallest absolute Gasteiger partial charge is 0.326 e. The van der Waals surface area contributed by atoms with Gasteiger partial charge in [-0.3, -0.25) is 19.2 Å². The molecule has 0 saturated carbocycles. The van der Waals surface area contributed by atoms with Crippen molar-refractivity contribution >= 4 is 42.2 Å². The zero-order valence-corrected chi connectivity index (χ0v) is 20.2. The number of rotatable bonds is 16. The quantitative estimate of drug-likeness (QED) is 0.0918. The third-order valence-corrected chi connectivity index (χ3v) is 5.44. The maximum Gasteiger partial charge on any atom is 0.326 e. The van der Waals surface area contributed by atoms with Gasteiger partial charge >= 0.3 is 5.97 Å². The standard InChI is InChI=1S/C22H34N6O6S/c23-9-5-4-8-15(26-19(30)14(24)12-35)20(31)27-16(10-13-6-2-1-3-7-13)21(32)28-17(22(33)34)11-18(25)29/h1-3,6-7,14-17,35H,4-5,8-12,23-24H2,(H2,25,29)(H,26,30)(H,27,31)(H,28,32)(H,33,34). The van der Waals surface area contributed by atoms with E-state index in [1.165, 1.54) is 0 Å². The number of amides is 4. The van der Waals surface area contributed by atoms with Gasteiger partial charge in [0, 0.05) is 12.2 Å². The highest BCUT2D eigenvalue weighted by Crippen LogP contribution is 2.07. The van der Waals surface area contributed by atoms with E-state index in [4.69, 9.17) is 17.2 Å². The van der Waals surface area contributed by atoms with E-state index in [1.54, 1.807) is 30.3 Å². The zero-order chi connectivity index (χ0) is 26.4. The zero-order valence-electron chi connectivity index (χ0n) is 19.3. The van der Waals surface area contributed by atoms with Crippen molar-refractivity contribution in [2.45, 2.75) is 56.3 Å². The van der Waals surface area contributed by atoms with E-state index in [0.29, 0.717) is 24.9 Å². The molecule has 0 radical (unpaired) electrons. The minimum atomic E-state index is -1.57. The topological polar surface area (TPSA) is 220 Å². The first-order chi connectivity index (χ1) is 16.6. The number of hydrogen-bond donors (Lipinski definition) is 8. The third-order valence-electron chi connectivity index (χ3n) is 5.05. The largest absolute Gasteiger partial charge is 0.480 e. The molecule has 194 valence electrons. The molecule has 0 heterocycles. The number of nitrogens with one attached hydrogen (secondary N) is 3. The van der Waals surface area contributed by atoms with E-state index in [0.717, 1.165) is 0 Å². The Labute approximate surface area is 209 Å². The van der Waals surface area contributed by atoms with Gasteiger partial charge in [0.1, 0.15) is 18.1 Å². The molecule has 0 aromatic heterocycles. The Balaban J connectivity index is 3.10. The molecular formula is C22H34N6O6S.